The molecule has 0 amide bonds. The molecule has 0 N–H and O–H groups in total. The van der Waals surface area contributed by atoms with Crippen molar-refractivity contribution in [1.82, 2.24) is 0 Å². The van der Waals surface area contributed by atoms with Crippen LogP contribution in [0.4, 0.5) is 0 Å². The van der Waals surface area contributed by atoms with Crippen molar-refractivity contribution in [2.75, 3.05) is 7.11 Å². The van der Waals surface area contributed by atoms with Crippen molar-refractivity contribution in [2.24, 2.45) is 11.8 Å². The summed E-state index contributed by atoms with van der Waals surface area (Å²) in [4.78, 5) is 10.6. The van der Waals surface area contributed by atoms with Gasteiger partial charge in [-0.05, 0) is 31.3 Å². The van der Waals surface area contributed by atoms with E-state index in [1.165, 1.54) is 32.1 Å². The van der Waals surface area contributed by atoms with Gasteiger partial charge in [-0.15, -0.1) is 0 Å². The third-order valence-corrected chi connectivity index (χ3v) is 3.62. The molecule has 0 heterocycles. The van der Waals surface area contributed by atoms with Crippen molar-refractivity contribution >= 4 is 6.29 Å². The Morgan fingerprint density at radius 3 is 2.44 bits per heavy atom. The number of allylic oxidation sites excluding steroid dienone is 1. The lowest BCUT2D eigenvalue weighted by Gasteiger charge is -2.32. The summed E-state index contributed by atoms with van der Waals surface area (Å²) in [5, 5.41) is 0. The van der Waals surface area contributed by atoms with Gasteiger partial charge < -0.3 is 4.74 Å². The van der Waals surface area contributed by atoms with Crippen LogP contribution in [-0.2, 0) is 9.53 Å². The maximum absolute atomic E-state index is 10.6. The summed E-state index contributed by atoms with van der Waals surface area (Å²) in [6.07, 6.45) is 9.80. The summed E-state index contributed by atoms with van der Waals surface area (Å²) in [5.74, 6) is 1.00. The van der Waals surface area contributed by atoms with E-state index in [9.17, 15) is 4.79 Å². The van der Waals surface area contributed by atoms with Crippen LogP contribution in [-0.4, -0.2) is 19.5 Å². The molecule has 0 aromatic heterocycles. The third-order valence-electron chi connectivity index (χ3n) is 3.62. The van der Waals surface area contributed by atoms with Gasteiger partial charge in [-0.1, -0.05) is 32.3 Å². The largest absolute Gasteiger partial charge is 0.381 e. The highest BCUT2D eigenvalue weighted by Gasteiger charge is 2.26. The van der Waals surface area contributed by atoms with Crippen LogP contribution in [0.2, 0.25) is 0 Å². The monoisotopic (exact) mass is 224 g/mol. The summed E-state index contributed by atoms with van der Waals surface area (Å²) in [6, 6.07) is 0. The Labute approximate surface area is 99.1 Å². The molecule has 1 aliphatic carbocycles. The first-order valence-corrected chi connectivity index (χ1v) is 6.35. The molecule has 2 unspecified atom stereocenters. The maximum Gasteiger partial charge on any atom is 0.145 e. The molecule has 16 heavy (non-hydrogen) atoms. The SMILES string of the molecule is COC(C(C)C=C(C)C=O)C1CCCCC1. The fourth-order valence-corrected chi connectivity index (χ4v) is 2.85. The molecule has 1 aliphatic rings. The smallest absolute Gasteiger partial charge is 0.145 e. The van der Waals surface area contributed by atoms with Gasteiger partial charge in [0.2, 0.25) is 0 Å². The van der Waals surface area contributed by atoms with Crippen molar-refractivity contribution in [3.63, 3.8) is 0 Å². The molecule has 2 heteroatoms. The van der Waals surface area contributed by atoms with Crippen LogP contribution in [0.15, 0.2) is 11.6 Å². The molecule has 0 radical (unpaired) electrons. The minimum atomic E-state index is 0.273. The van der Waals surface area contributed by atoms with E-state index >= 15 is 0 Å². The van der Waals surface area contributed by atoms with Crippen molar-refractivity contribution in [3.8, 4) is 0 Å². The number of methoxy groups -OCH3 is 1. The summed E-state index contributed by atoms with van der Waals surface area (Å²) in [7, 11) is 1.79. The minimum absolute atomic E-state index is 0.273. The van der Waals surface area contributed by atoms with E-state index in [0.29, 0.717) is 11.8 Å². The van der Waals surface area contributed by atoms with Gasteiger partial charge in [0.05, 0.1) is 6.10 Å². The van der Waals surface area contributed by atoms with E-state index < -0.39 is 0 Å². The molecular weight excluding hydrogens is 200 g/mol. The van der Waals surface area contributed by atoms with E-state index in [1.807, 2.05) is 13.0 Å². The molecule has 0 spiro atoms. The molecule has 1 fully saturated rings. The topological polar surface area (TPSA) is 26.3 Å². The van der Waals surface area contributed by atoms with Gasteiger partial charge in [0, 0.05) is 13.0 Å². The number of ether oxygens (including phenoxy) is 1. The van der Waals surface area contributed by atoms with Gasteiger partial charge in [0.25, 0.3) is 0 Å². The molecule has 2 atom stereocenters. The molecule has 0 aliphatic heterocycles. The Kier molecular flexibility index (Phi) is 5.75. The predicted octanol–water partition coefficient (Wildman–Crippen LogP) is 3.36. The minimum Gasteiger partial charge on any atom is -0.381 e. The molecule has 92 valence electrons. The summed E-state index contributed by atoms with van der Waals surface area (Å²) >= 11 is 0. The van der Waals surface area contributed by atoms with Crippen LogP contribution in [0.1, 0.15) is 46.0 Å². The van der Waals surface area contributed by atoms with Crippen LogP contribution < -0.4 is 0 Å². The Bertz CT molecular complexity index is 239. The van der Waals surface area contributed by atoms with Crippen LogP contribution >= 0.6 is 0 Å². The Morgan fingerprint density at radius 2 is 1.94 bits per heavy atom. The van der Waals surface area contributed by atoms with Crippen molar-refractivity contribution in [1.29, 1.82) is 0 Å². The molecule has 1 rings (SSSR count). The standard InChI is InChI=1S/C14H24O2/c1-11(10-15)9-12(2)14(16-3)13-7-5-4-6-8-13/h9-10,12-14H,4-8H2,1-3H3. The van der Waals surface area contributed by atoms with E-state index in [2.05, 4.69) is 6.92 Å². The Hall–Kier alpha value is -0.630. The number of hydrogen-bond donors (Lipinski definition) is 0. The second-order valence-electron chi connectivity index (χ2n) is 4.99. The molecule has 0 aromatic carbocycles. The van der Waals surface area contributed by atoms with Gasteiger partial charge >= 0.3 is 0 Å². The highest BCUT2D eigenvalue weighted by molar-refractivity contribution is 5.72. The number of carbonyl (C=O) groups excluding carboxylic acids is 1. The van der Waals surface area contributed by atoms with Crippen LogP contribution in [0.5, 0.6) is 0 Å². The Balaban J connectivity index is 2.61. The van der Waals surface area contributed by atoms with Crippen LogP contribution in [0, 0.1) is 11.8 Å². The number of aldehydes is 1. The van der Waals surface area contributed by atoms with Gasteiger partial charge in [-0.2, -0.15) is 0 Å². The second kappa shape index (κ2) is 6.85. The quantitative estimate of drug-likeness (QED) is 0.528. The van der Waals surface area contributed by atoms with Crippen LogP contribution in [0.25, 0.3) is 0 Å². The third kappa shape index (κ3) is 3.75. The highest BCUT2D eigenvalue weighted by atomic mass is 16.5. The van der Waals surface area contributed by atoms with Gasteiger partial charge in [-0.25, -0.2) is 0 Å². The summed E-state index contributed by atoms with van der Waals surface area (Å²) in [5.41, 5.74) is 0.811. The fourth-order valence-electron chi connectivity index (χ4n) is 2.85. The molecule has 0 aromatic rings. The number of carbonyl (C=O) groups is 1. The van der Waals surface area contributed by atoms with Crippen molar-refractivity contribution in [3.05, 3.63) is 11.6 Å². The van der Waals surface area contributed by atoms with E-state index in [1.54, 1.807) is 7.11 Å². The lowest BCUT2D eigenvalue weighted by Crippen LogP contribution is -2.30. The van der Waals surface area contributed by atoms with Crippen LogP contribution in [0.3, 0.4) is 0 Å². The zero-order valence-electron chi connectivity index (χ0n) is 10.7. The molecule has 2 nitrogen and oxygen atoms in total. The second-order valence-corrected chi connectivity index (χ2v) is 4.99. The maximum atomic E-state index is 10.6. The van der Waals surface area contributed by atoms with Crippen molar-refractivity contribution < 1.29 is 9.53 Å². The van der Waals surface area contributed by atoms with E-state index in [4.69, 9.17) is 4.74 Å². The zero-order valence-corrected chi connectivity index (χ0v) is 10.7. The first-order valence-electron chi connectivity index (χ1n) is 6.35. The lowest BCUT2D eigenvalue weighted by molar-refractivity contribution is -0.104. The normalized spacial score (nSPS) is 22.8. The first kappa shape index (κ1) is 13.4. The average Bonchev–Trinajstić information content (AvgIpc) is 2.31. The number of hydrogen-bond acceptors (Lipinski definition) is 2. The zero-order chi connectivity index (χ0) is 12.0. The lowest BCUT2D eigenvalue weighted by atomic mass is 9.80. The summed E-state index contributed by atoms with van der Waals surface area (Å²) < 4.78 is 5.64. The summed E-state index contributed by atoms with van der Waals surface area (Å²) in [6.45, 7) is 4.01. The van der Waals surface area contributed by atoms with E-state index in [-0.39, 0.29) is 6.10 Å². The Morgan fingerprint density at radius 1 is 1.31 bits per heavy atom. The van der Waals surface area contributed by atoms with Gasteiger partial charge in [0.1, 0.15) is 6.29 Å². The average molecular weight is 224 g/mol. The predicted molar refractivity (Wildman–Crippen MR) is 66.4 cm³/mol. The van der Waals surface area contributed by atoms with Gasteiger partial charge in [-0.3, -0.25) is 4.79 Å². The molecule has 0 saturated heterocycles. The van der Waals surface area contributed by atoms with E-state index in [0.717, 1.165) is 11.9 Å². The molecular formula is C14H24O2. The number of rotatable bonds is 5. The first-order chi connectivity index (χ1) is 7.69. The van der Waals surface area contributed by atoms with Gasteiger partial charge in [0.15, 0.2) is 0 Å². The molecule has 1 saturated carbocycles. The highest BCUT2D eigenvalue weighted by Crippen LogP contribution is 2.31. The van der Waals surface area contributed by atoms with Crippen molar-refractivity contribution in [2.45, 2.75) is 52.1 Å². The fraction of sp³-hybridized carbons (Fsp3) is 0.786. The molecule has 0 bridgehead atoms.